The van der Waals surface area contributed by atoms with Gasteiger partial charge in [-0.2, -0.15) is 0 Å². The summed E-state index contributed by atoms with van der Waals surface area (Å²) in [6.45, 7) is 0.592. The number of anilines is 1. The zero-order valence-corrected chi connectivity index (χ0v) is 10.2. The third-order valence-electron chi connectivity index (χ3n) is 2.17. The second-order valence-electron chi connectivity index (χ2n) is 3.34. The Morgan fingerprint density at radius 2 is 2.12 bits per heavy atom. The summed E-state index contributed by atoms with van der Waals surface area (Å²) in [6.07, 6.45) is 0.877. The van der Waals surface area contributed by atoms with Crippen molar-refractivity contribution >= 4 is 28.6 Å². The minimum Gasteiger partial charge on any atom is -0.489 e. The maximum absolute atomic E-state index is 5.99. The molecule has 0 aliphatic heterocycles. The second-order valence-corrected chi connectivity index (χ2v) is 4.78. The lowest BCUT2D eigenvalue weighted by Gasteiger charge is -2.09. The quantitative estimate of drug-likeness (QED) is 0.845. The van der Waals surface area contributed by atoms with Crippen LogP contribution in [0.4, 0.5) is 5.69 Å². The third-order valence-corrected chi connectivity index (χ3v) is 3.41. The van der Waals surface area contributed by atoms with Gasteiger partial charge in [-0.1, -0.05) is 23.7 Å². The molecule has 2 rings (SSSR count). The van der Waals surface area contributed by atoms with Crippen LogP contribution in [0.25, 0.3) is 0 Å². The molecule has 4 heteroatoms. The Morgan fingerprint density at radius 1 is 1.25 bits per heavy atom. The van der Waals surface area contributed by atoms with E-state index in [0.29, 0.717) is 23.1 Å². The predicted octanol–water partition coefficient (Wildman–Crippen LogP) is 3.61. The summed E-state index contributed by atoms with van der Waals surface area (Å²) >= 11 is 7.71. The maximum atomic E-state index is 5.99. The molecule has 0 fully saturated rings. The molecule has 2 nitrogen and oxygen atoms in total. The molecule has 2 aromatic rings. The molecule has 0 saturated heterocycles. The molecule has 0 bridgehead atoms. The van der Waals surface area contributed by atoms with Crippen LogP contribution >= 0.6 is 22.9 Å². The zero-order valence-electron chi connectivity index (χ0n) is 8.65. The van der Waals surface area contributed by atoms with Crippen LogP contribution in [-0.4, -0.2) is 6.61 Å². The molecule has 0 amide bonds. The zero-order chi connectivity index (χ0) is 11.4. The lowest BCUT2D eigenvalue weighted by atomic mass is 10.3. The largest absolute Gasteiger partial charge is 0.489 e. The first-order valence-corrected chi connectivity index (χ1v) is 6.22. The normalized spacial score (nSPS) is 10.3. The van der Waals surface area contributed by atoms with Crippen molar-refractivity contribution in [3.8, 4) is 5.75 Å². The molecule has 16 heavy (non-hydrogen) atoms. The van der Waals surface area contributed by atoms with Crippen molar-refractivity contribution in [3.05, 3.63) is 45.6 Å². The monoisotopic (exact) mass is 253 g/mol. The minimum absolute atomic E-state index is 0.561. The van der Waals surface area contributed by atoms with E-state index in [1.165, 1.54) is 4.88 Å². The van der Waals surface area contributed by atoms with Gasteiger partial charge < -0.3 is 10.5 Å². The number of ether oxygens (including phenoxy) is 1. The van der Waals surface area contributed by atoms with E-state index in [-0.39, 0.29) is 0 Å². The molecule has 1 aromatic carbocycles. The number of para-hydroxylation sites is 1. The van der Waals surface area contributed by atoms with Gasteiger partial charge in [-0.05, 0) is 23.6 Å². The first-order valence-electron chi connectivity index (χ1n) is 4.96. The Bertz CT molecular complexity index is 436. The Labute approximate surface area is 104 Å². The van der Waals surface area contributed by atoms with Crippen molar-refractivity contribution in [2.75, 3.05) is 12.3 Å². The molecule has 0 unspecified atom stereocenters. The van der Waals surface area contributed by atoms with Crippen LogP contribution in [0.3, 0.4) is 0 Å². The fourth-order valence-electron chi connectivity index (χ4n) is 1.39. The molecule has 1 aromatic heterocycles. The van der Waals surface area contributed by atoms with Crippen LogP contribution in [-0.2, 0) is 6.42 Å². The lowest BCUT2D eigenvalue weighted by Crippen LogP contribution is -2.02. The molecule has 0 spiro atoms. The van der Waals surface area contributed by atoms with Crippen LogP contribution in [0.5, 0.6) is 5.75 Å². The average Bonchev–Trinajstić information content (AvgIpc) is 2.75. The van der Waals surface area contributed by atoms with Crippen molar-refractivity contribution < 1.29 is 4.74 Å². The molecule has 0 atom stereocenters. The van der Waals surface area contributed by atoms with Gasteiger partial charge in [-0.3, -0.25) is 0 Å². The van der Waals surface area contributed by atoms with Crippen molar-refractivity contribution in [1.29, 1.82) is 0 Å². The Hall–Kier alpha value is -1.19. The Balaban J connectivity index is 1.95. The fourth-order valence-corrected chi connectivity index (χ4v) is 2.31. The average molecular weight is 254 g/mol. The summed E-state index contributed by atoms with van der Waals surface area (Å²) < 4.78 is 5.59. The number of nitrogens with two attached hydrogens (primary N) is 1. The molecule has 0 radical (unpaired) electrons. The van der Waals surface area contributed by atoms with Gasteiger partial charge >= 0.3 is 0 Å². The maximum Gasteiger partial charge on any atom is 0.160 e. The fraction of sp³-hybridized carbons (Fsp3) is 0.167. The number of benzene rings is 1. The number of rotatable bonds is 4. The molecule has 0 saturated carbocycles. The van der Waals surface area contributed by atoms with E-state index in [2.05, 4.69) is 11.4 Å². The van der Waals surface area contributed by atoms with E-state index in [9.17, 15) is 0 Å². The van der Waals surface area contributed by atoms with Crippen LogP contribution in [0, 0.1) is 0 Å². The molecule has 2 N–H and O–H groups in total. The second kappa shape index (κ2) is 5.23. The summed E-state index contributed by atoms with van der Waals surface area (Å²) in [5.41, 5.74) is 6.36. The van der Waals surface area contributed by atoms with Crippen molar-refractivity contribution in [3.63, 3.8) is 0 Å². The van der Waals surface area contributed by atoms with E-state index >= 15 is 0 Å². The van der Waals surface area contributed by atoms with Crippen molar-refractivity contribution in [2.45, 2.75) is 6.42 Å². The third kappa shape index (κ3) is 2.68. The number of hydrogen-bond donors (Lipinski definition) is 1. The van der Waals surface area contributed by atoms with E-state index in [1.54, 1.807) is 23.5 Å². The van der Waals surface area contributed by atoms with Crippen LogP contribution in [0.2, 0.25) is 5.02 Å². The van der Waals surface area contributed by atoms with Gasteiger partial charge in [0.2, 0.25) is 0 Å². The highest BCUT2D eigenvalue weighted by atomic mass is 35.5. The Morgan fingerprint density at radius 3 is 2.81 bits per heavy atom. The highest BCUT2D eigenvalue weighted by Gasteiger charge is 2.05. The van der Waals surface area contributed by atoms with Gasteiger partial charge in [0, 0.05) is 11.3 Å². The SMILES string of the molecule is Nc1cccc(Cl)c1OCCc1cccs1. The smallest absolute Gasteiger partial charge is 0.160 e. The van der Waals surface area contributed by atoms with Crippen LogP contribution in [0.15, 0.2) is 35.7 Å². The van der Waals surface area contributed by atoms with E-state index < -0.39 is 0 Å². The van der Waals surface area contributed by atoms with Gasteiger partial charge in [0.25, 0.3) is 0 Å². The van der Waals surface area contributed by atoms with E-state index in [1.807, 2.05) is 12.1 Å². The standard InChI is InChI=1S/C12H12ClNOS/c13-10-4-1-5-11(14)12(10)15-7-6-9-3-2-8-16-9/h1-5,8H,6-7,14H2. The molecule has 0 aliphatic rings. The summed E-state index contributed by atoms with van der Waals surface area (Å²) in [6, 6.07) is 9.49. The highest BCUT2D eigenvalue weighted by molar-refractivity contribution is 7.09. The van der Waals surface area contributed by atoms with Gasteiger partial charge in [0.1, 0.15) is 0 Å². The van der Waals surface area contributed by atoms with E-state index in [4.69, 9.17) is 22.1 Å². The predicted molar refractivity (Wildman–Crippen MR) is 69.4 cm³/mol. The molecular formula is C12H12ClNOS. The van der Waals surface area contributed by atoms with Crippen LogP contribution in [0.1, 0.15) is 4.88 Å². The van der Waals surface area contributed by atoms with Gasteiger partial charge in [0.15, 0.2) is 5.75 Å². The first-order chi connectivity index (χ1) is 7.77. The van der Waals surface area contributed by atoms with Crippen molar-refractivity contribution in [1.82, 2.24) is 0 Å². The number of hydrogen-bond acceptors (Lipinski definition) is 3. The number of thiophene rings is 1. The summed E-state index contributed by atoms with van der Waals surface area (Å²) in [7, 11) is 0. The summed E-state index contributed by atoms with van der Waals surface area (Å²) in [4.78, 5) is 1.30. The molecule has 84 valence electrons. The van der Waals surface area contributed by atoms with Crippen molar-refractivity contribution in [2.24, 2.45) is 0 Å². The summed E-state index contributed by atoms with van der Waals surface area (Å²) in [5.74, 6) is 0.584. The number of halogens is 1. The molecule has 1 heterocycles. The Kier molecular flexibility index (Phi) is 3.70. The lowest BCUT2D eigenvalue weighted by molar-refractivity contribution is 0.325. The van der Waals surface area contributed by atoms with Gasteiger partial charge in [0.05, 0.1) is 17.3 Å². The molecular weight excluding hydrogens is 242 g/mol. The minimum atomic E-state index is 0.561. The molecule has 0 aliphatic carbocycles. The van der Waals surface area contributed by atoms with Crippen LogP contribution < -0.4 is 10.5 Å². The first kappa shape index (κ1) is 11.3. The number of nitrogen functional groups attached to an aromatic ring is 1. The van der Waals surface area contributed by atoms with Gasteiger partial charge in [-0.15, -0.1) is 11.3 Å². The van der Waals surface area contributed by atoms with Gasteiger partial charge in [-0.25, -0.2) is 0 Å². The van der Waals surface area contributed by atoms with E-state index in [0.717, 1.165) is 6.42 Å². The summed E-state index contributed by atoms with van der Waals surface area (Å²) in [5, 5.41) is 2.62. The topological polar surface area (TPSA) is 35.2 Å². The highest BCUT2D eigenvalue weighted by Crippen LogP contribution is 2.30.